The van der Waals surface area contributed by atoms with Crippen LogP contribution in [-0.2, 0) is 6.61 Å². The average molecular weight is 291 g/mol. The lowest BCUT2D eigenvalue weighted by Crippen LogP contribution is -2.02. The summed E-state index contributed by atoms with van der Waals surface area (Å²) in [5.41, 5.74) is 1.81. The number of hydrogen-bond donors (Lipinski definition) is 1. The number of carbonyl (C=O) groups is 1. The highest BCUT2D eigenvalue weighted by molar-refractivity contribution is 7.11. The lowest BCUT2D eigenvalue weighted by molar-refractivity contribution is 0.0696. The largest absolute Gasteiger partial charge is 0.487 e. The number of aromatic carboxylic acids is 1. The first-order valence-corrected chi connectivity index (χ1v) is 7.39. The summed E-state index contributed by atoms with van der Waals surface area (Å²) in [5, 5.41) is 10.7. The monoisotopic (exact) mass is 291 g/mol. The predicted molar refractivity (Wildman–Crippen MR) is 78.6 cm³/mol. The number of thiazole rings is 1. The van der Waals surface area contributed by atoms with Crippen LogP contribution in [0.3, 0.4) is 0 Å². The van der Waals surface area contributed by atoms with Crippen LogP contribution in [0.1, 0.15) is 47.2 Å². The second-order valence-corrected chi connectivity index (χ2v) is 5.44. The van der Waals surface area contributed by atoms with Gasteiger partial charge in [-0.3, -0.25) is 0 Å². The van der Waals surface area contributed by atoms with Gasteiger partial charge in [0.25, 0.3) is 0 Å². The number of benzene rings is 1. The number of nitrogens with zero attached hydrogens (tertiary/aromatic N) is 1. The van der Waals surface area contributed by atoms with Crippen molar-refractivity contribution >= 4 is 17.3 Å². The first-order valence-electron chi connectivity index (χ1n) is 6.51. The topological polar surface area (TPSA) is 59.4 Å². The summed E-state index contributed by atoms with van der Waals surface area (Å²) in [7, 11) is 0. The molecule has 2 rings (SSSR count). The normalized spacial score (nSPS) is 12.1. The van der Waals surface area contributed by atoms with Crippen molar-refractivity contribution in [2.24, 2.45) is 0 Å². The highest BCUT2D eigenvalue weighted by Crippen LogP contribution is 2.29. The Kier molecular flexibility index (Phi) is 4.74. The van der Waals surface area contributed by atoms with Crippen LogP contribution < -0.4 is 4.74 Å². The number of rotatable bonds is 6. The van der Waals surface area contributed by atoms with Crippen molar-refractivity contribution in [1.82, 2.24) is 4.98 Å². The van der Waals surface area contributed by atoms with Gasteiger partial charge in [0.1, 0.15) is 12.4 Å². The lowest BCUT2D eigenvalue weighted by Gasteiger charge is -2.15. The molecule has 1 N–H and O–H groups in total. The van der Waals surface area contributed by atoms with Crippen LogP contribution in [0.2, 0.25) is 0 Å². The molecule has 0 radical (unpaired) electrons. The van der Waals surface area contributed by atoms with E-state index in [2.05, 4.69) is 24.9 Å². The summed E-state index contributed by atoms with van der Waals surface area (Å²) >= 11 is 1.12. The van der Waals surface area contributed by atoms with Crippen molar-refractivity contribution < 1.29 is 14.6 Å². The first-order chi connectivity index (χ1) is 9.61. The molecule has 106 valence electrons. The van der Waals surface area contributed by atoms with Crippen LogP contribution in [-0.4, -0.2) is 16.1 Å². The molecule has 0 amide bonds. The minimum absolute atomic E-state index is 0.0961. The van der Waals surface area contributed by atoms with Gasteiger partial charge in [-0.05, 0) is 24.0 Å². The molecule has 0 aliphatic heterocycles. The number of hydrogen-bond acceptors (Lipinski definition) is 4. The van der Waals surface area contributed by atoms with E-state index in [0.717, 1.165) is 23.5 Å². The van der Waals surface area contributed by atoms with Gasteiger partial charge >= 0.3 is 5.97 Å². The van der Waals surface area contributed by atoms with Crippen molar-refractivity contribution in [3.05, 3.63) is 45.9 Å². The Balaban J connectivity index is 2.08. The number of carboxylic acid groups (broad SMARTS) is 1. The summed E-state index contributed by atoms with van der Waals surface area (Å²) in [5.74, 6) is 0.268. The van der Waals surface area contributed by atoms with E-state index < -0.39 is 5.97 Å². The maximum Gasteiger partial charge on any atom is 0.365 e. The number of ether oxygens (including phenoxy) is 1. The molecule has 4 nitrogen and oxygen atoms in total. The zero-order valence-electron chi connectivity index (χ0n) is 11.5. The molecule has 1 aromatic carbocycles. The summed E-state index contributed by atoms with van der Waals surface area (Å²) in [4.78, 5) is 14.8. The van der Waals surface area contributed by atoms with Crippen LogP contribution in [0.15, 0.2) is 29.6 Å². The van der Waals surface area contributed by atoms with Crippen LogP contribution in [0.5, 0.6) is 5.75 Å². The average Bonchev–Trinajstić information content (AvgIpc) is 2.93. The molecule has 1 aromatic heterocycles. The molecule has 0 fully saturated rings. The van der Waals surface area contributed by atoms with Gasteiger partial charge in [0.15, 0.2) is 0 Å². The summed E-state index contributed by atoms with van der Waals surface area (Å²) in [6, 6.07) is 7.93. The van der Waals surface area contributed by atoms with Gasteiger partial charge in [-0.1, -0.05) is 32.0 Å². The second kappa shape index (κ2) is 6.52. The van der Waals surface area contributed by atoms with E-state index in [1.54, 1.807) is 5.38 Å². The quantitative estimate of drug-likeness (QED) is 0.876. The summed E-state index contributed by atoms with van der Waals surface area (Å²) < 4.78 is 5.79. The van der Waals surface area contributed by atoms with Crippen molar-refractivity contribution in [3.63, 3.8) is 0 Å². The van der Waals surface area contributed by atoms with E-state index in [9.17, 15) is 4.79 Å². The third-order valence-electron chi connectivity index (χ3n) is 3.17. The van der Waals surface area contributed by atoms with E-state index in [1.165, 1.54) is 5.56 Å². The fraction of sp³-hybridized carbons (Fsp3) is 0.333. The number of para-hydroxylation sites is 1. The SMILES string of the molecule is CCC(C)c1ccccc1OCc1csc(C(=O)O)n1. The van der Waals surface area contributed by atoms with E-state index >= 15 is 0 Å². The lowest BCUT2D eigenvalue weighted by atomic mass is 9.98. The molecule has 20 heavy (non-hydrogen) atoms. The Morgan fingerprint density at radius 3 is 2.85 bits per heavy atom. The molecular formula is C15H17NO3S. The van der Waals surface area contributed by atoms with E-state index in [0.29, 0.717) is 11.6 Å². The predicted octanol–water partition coefficient (Wildman–Crippen LogP) is 3.93. The minimum Gasteiger partial charge on any atom is -0.487 e. The van der Waals surface area contributed by atoms with Gasteiger partial charge in [0.2, 0.25) is 5.01 Å². The molecular weight excluding hydrogens is 274 g/mol. The zero-order valence-corrected chi connectivity index (χ0v) is 12.3. The van der Waals surface area contributed by atoms with E-state index in [-0.39, 0.29) is 11.6 Å². The summed E-state index contributed by atoms with van der Waals surface area (Å²) in [6.45, 7) is 4.59. The van der Waals surface area contributed by atoms with Gasteiger partial charge in [-0.2, -0.15) is 0 Å². The molecule has 0 saturated carbocycles. The Bertz CT molecular complexity index is 594. The smallest absolute Gasteiger partial charge is 0.365 e. The van der Waals surface area contributed by atoms with Crippen molar-refractivity contribution in [2.45, 2.75) is 32.8 Å². The van der Waals surface area contributed by atoms with E-state index in [4.69, 9.17) is 9.84 Å². The van der Waals surface area contributed by atoms with Gasteiger partial charge in [-0.25, -0.2) is 9.78 Å². The Hall–Kier alpha value is -1.88. The van der Waals surface area contributed by atoms with Gasteiger partial charge < -0.3 is 9.84 Å². The molecule has 5 heteroatoms. The Morgan fingerprint density at radius 2 is 2.20 bits per heavy atom. The zero-order chi connectivity index (χ0) is 14.5. The van der Waals surface area contributed by atoms with Crippen molar-refractivity contribution in [2.75, 3.05) is 0 Å². The van der Waals surface area contributed by atoms with Gasteiger partial charge in [-0.15, -0.1) is 11.3 Å². The van der Waals surface area contributed by atoms with E-state index in [1.807, 2.05) is 18.2 Å². The molecule has 0 spiro atoms. The van der Waals surface area contributed by atoms with Gasteiger partial charge in [0.05, 0.1) is 5.69 Å². The van der Waals surface area contributed by atoms with Crippen LogP contribution >= 0.6 is 11.3 Å². The molecule has 0 bridgehead atoms. The maximum atomic E-state index is 10.8. The highest BCUT2D eigenvalue weighted by atomic mass is 32.1. The molecule has 1 atom stereocenters. The molecule has 0 aliphatic carbocycles. The maximum absolute atomic E-state index is 10.8. The minimum atomic E-state index is -0.999. The number of aromatic nitrogens is 1. The van der Waals surface area contributed by atoms with Crippen LogP contribution in [0.4, 0.5) is 0 Å². The Morgan fingerprint density at radius 1 is 1.45 bits per heavy atom. The third kappa shape index (κ3) is 3.36. The third-order valence-corrected chi connectivity index (χ3v) is 4.05. The van der Waals surface area contributed by atoms with Crippen LogP contribution in [0.25, 0.3) is 0 Å². The Labute approximate surface area is 122 Å². The van der Waals surface area contributed by atoms with Crippen molar-refractivity contribution in [1.29, 1.82) is 0 Å². The highest BCUT2D eigenvalue weighted by Gasteiger charge is 2.12. The molecule has 0 saturated heterocycles. The molecule has 1 unspecified atom stereocenters. The van der Waals surface area contributed by atoms with Crippen molar-refractivity contribution in [3.8, 4) is 5.75 Å². The fourth-order valence-electron chi connectivity index (χ4n) is 1.86. The molecule has 1 heterocycles. The fourth-order valence-corrected chi connectivity index (χ4v) is 2.50. The van der Waals surface area contributed by atoms with Crippen LogP contribution in [0, 0.1) is 0 Å². The van der Waals surface area contributed by atoms with Gasteiger partial charge in [0, 0.05) is 5.38 Å². The standard InChI is InChI=1S/C15H17NO3S/c1-3-10(2)12-6-4-5-7-13(12)19-8-11-9-20-14(16-11)15(17)18/h4-7,9-10H,3,8H2,1-2H3,(H,17,18). The molecule has 2 aromatic rings. The first kappa shape index (κ1) is 14.5. The molecule has 0 aliphatic rings. The number of carboxylic acids is 1. The summed E-state index contributed by atoms with van der Waals surface area (Å²) in [6.07, 6.45) is 1.04. The second-order valence-electron chi connectivity index (χ2n) is 4.58.